The maximum atomic E-state index is 13.3. The van der Waals surface area contributed by atoms with Crippen molar-refractivity contribution < 1.29 is 14.7 Å². The van der Waals surface area contributed by atoms with Crippen LogP contribution in [0.5, 0.6) is 5.75 Å². The molecule has 156 valence electrons. The van der Waals surface area contributed by atoms with Gasteiger partial charge in [0.1, 0.15) is 18.0 Å². The van der Waals surface area contributed by atoms with Gasteiger partial charge in [-0.25, -0.2) is 10.4 Å². The number of carbonyl (C=O) groups excluding carboxylic acids is 2. The van der Waals surface area contributed by atoms with E-state index in [0.29, 0.717) is 26.1 Å². The summed E-state index contributed by atoms with van der Waals surface area (Å²) in [4.78, 5) is 29.7. The normalized spacial score (nSPS) is 22.5. The molecule has 7 nitrogen and oxygen atoms in total. The van der Waals surface area contributed by atoms with Gasteiger partial charge in [0.05, 0.1) is 19.6 Å². The Morgan fingerprint density at radius 3 is 2.66 bits per heavy atom. The van der Waals surface area contributed by atoms with E-state index in [9.17, 15) is 14.7 Å². The van der Waals surface area contributed by atoms with Gasteiger partial charge in [0.15, 0.2) is 0 Å². The Bertz CT molecular complexity index is 758. The zero-order valence-electron chi connectivity index (χ0n) is 17.0. The van der Waals surface area contributed by atoms with Gasteiger partial charge in [-0.15, -0.1) is 6.42 Å². The molecule has 1 aromatic rings. The number of aromatic hydroxyl groups is 1. The number of phenols is 1. The van der Waals surface area contributed by atoms with Crippen molar-refractivity contribution in [1.29, 1.82) is 0 Å². The highest BCUT2D eigenvalue weighted by atomic mass is 16.3. The second kappa shape index (κ2) is 9.77. The zero-order chi connectivity index (χ0) is 20.8. The largest absolute Gasteiger partial charge is 0.508 e. The molecule has 2 atom stereocenters. The number of phenolic OH excluding ortho intramolecular Hbond substituents is 1. The first-order valence-corrected chi connectivity index (χ1v) is 10.4. The smallest absolute Gasteiger partial charge is 0.245 e. The minimum Gasteiger partial charge on any atom is -0.508 e. The first kappa shape index (κ1) is 21.2. The number of carbonyl (C=O) groups is 2. The van der Waals surface area contributed by atoms with Crippen molar-refractivity contribution in [1.82, 2.24) is 20.2 Å². The molecular formula is C22H30N4O3. The lowest BCUT2D eigenvalue weighted by atomic mass is 9.99. The molecule has 0 spiro atoms. The monoisotopic (exact) mass is 398 g/mol. The number of hydrogen-bond acceptors (Lipinski definition) is 5. The van der Waals surface area contributed by atoms with E-state index in [2.05, 4.69) is 18.3 Å². The van der Waals surface area contributed by atoms with Crippen LogP contribution in [0.2, 0.25) is 0 Å². The number of piperazine rings is 1. The highest BCUT2D eigenvalue weighted by molar-refractivity contribution is 5.90. The minimum atomic E-state index is -0.558. The van der Waals surface area contributed by atoms with Crippen LogP contribution in [0.1, 0.15) is 38.2 Å². The summed E-state index contributed by atoms with van der Waals surface area (Å²) in [6, 6.07) is 6.24. The lowest BCUT2D eigenvalue weighted by Gasteiger charge is -2.50. The Balaban J connectivity index is 1.79. The molecule has 0 bridgehead atoms. The SMILES string of the molecule is C#CCN1CC(=O)N2[C@H](CN(CCCCCC)C(=O)[C@@H]2Cc2ccc(O)cc2)N1. The zero-order valence-corrected chi connectivity index (χ0v) is 17.0. The van der Waals surface area contributed by atoms with Gasteiger partial charge in [-0.1, -0.05) is 44.2 Å². The Morgan fingerprint density at radius 1 is 1.21 bits per heavy atom. The first-order chi connectivity index (χ1) is 14.0. The van der Waals surface area contributed by atoms with Gasteiger partial charge in [-0.05, 0) is 24.1 Å². The summed E-state index contributed by atoms with van der Waals surface area (Å²) >= 11 is 0. The van der Waals surface area contributed by atoms with Crippen molar-refractivity contribution in [2.24, 2.45) is 0 Å². The summed E-state index contributed by atoms with van der Waals surface area (Å²) < 4.78 is 0. The molecule has 0 aliphatic carbocycles. The average Bonchev–Trinajstić information content (AvgIpc) is 2.69. The van der Waals surface area contributed by atoms with Crippen LogP contribution in [0, 0.1) is 12.3 Å². The molecule has 3 rings (SSSR count). The van der Waals surface area contributed by atoms with Crippen molar-refractivity contribution >= 4 is 11.8 Å². The van der Waals surface area contributed by atoms with Crippen LogP contribution in [-0.2, 0) is 16.0 Å². The molecule has 2 amide bonds. The van der Waals surface area contributed by atoms with Gasteiger partial charge < -0.3 is 14.9 Å². The number of amides is 2. The van der Waals surface area contributed by atoms with Crippen LogP contribution in [0.15, 0.2) is 24.3 Å². The van der Waals surface area contributed by atoms with E-state index in [4.69, 9.17) is 6.42 Å². The van der Waals surface area contributed by atoms with Crippen LogP contribution in [0.4, 0.5) is 0 Å². The van der Waals surface area contributed by atoms with E-state index in [1.807, 2.05) is 4.90 Å². The Labute approximate surface area is 172 Å². The third-order valence-electron chi connectivity index (χ3n) is 5.54. The van der Waals surface area contributed by atoms with E-state index < -0.39 is 6.04 Å². The Hall–Kier alpha value is -2.56. The molecule has 2 aliphatic heterocycles. The van der Waals surface area contributed by atoms with E-state index in [0.717, 1.165) is 31.2 Å². The summed E-state index contributed by atoms with van der Waals surface area (Å²) in [5.41, 5.74) is 4.23. The van der Waals surface area contributed by atoms with E-state index >= 15 is 0 Å². The van der Waals surface area contributed by atoms with Crippen LogP contribution in [0.25, 0.3) is 0 Å². The Morgan fingerprint density at radius 2 is 1.97 bits per heavy atom. The molecule has 0 aromatic heterocycles. The van der Waals surface area contributed by atoms with Crippen molar-refractivity contribution in [3.05, 3.63) is 29.8 Å². The number of nitrogens with one attached hydrogen (secondary N) is 1. The first-order valence-electron chi connectivity index (χ1n) is 10.4. The van der Waals surface area contributed by atoms with Crippen LogP contribution >= 0.6 is 0 Å². The second-order valence-corrected chi connectivity index (χ2v) is 7.74. The lowest BCUT2D eigenvalue weighted by Crippen LogP contribution is -2.74. The molecule has 2 fully saturated rings. The number of rotatable bonds is 8. The van der Waals surface area contributed by atoms with Crippen molar-refractivity contribution in [3.63, 3.8) is 0 Å². The number of hydrogen-bond donors (Lipinski definition) is 2. The summed E-state index contributed by atoms with van der Waals surface area (Å²) in [7, 11) is 0. The van der Waals surface area contributed by atoms with Gasteiger partial charge in [-0.2, -0.15) is 0 Å². The fourth-order valence-corrected chi connectivity index (χ4v) is 4.07. The number of terminal acetylenes is 1. The van der Waals surface area contributed by atoms with Crippen LogP contribution in [0.3, 0.4) is 0 Å². The van der Waals surface area contributed by atoms with Gasteiger partial charge in [0.25, 0.3) is 0 Å². The molecule has 0 saturated carbocycles. The number of hydrazine groups is 1. The predicted octanol–water partition coefficient (Wildman–Crippen LogP) is 1.33. The number of benzene rings is 1. The maximum Gasteiger partial charge on any atom is 0.245 e. The molecule has 2 aliphatic rings. The Kier molecular flexibility index (Phi) is 7.13. The second-order valence-electron chi connectivity index (χ2n) is 7.74. The highest BCUT2D eigenvalue weighted by Gasteiger charge is 2.45. The third-order valence-corrected chi connectivity index (χ3v) is 5.54. The van der Waals surface area contributed by atoms with Gasteiger partial charge >= 0.3 is 0 Å². The van der Waals surface area contributed by atoms with Gasteiger partial charge in [-0.3, -0.25) is 9.59 Å². The fraction of sp³-hybridized carbons (Fsp3) is 0.545. The topological polar surface area (TPSA) is 76.1 Å². The predicted molar refractivity (Wildman–Crippen MR) is 110 cm³/mol. The quantitative estimate of drug-likeness (QED) is 0.510. The van der Waals surface area contributed by atoms with Crippen LogP contribution < -0.4 is 5.43 Å². The summed E-state index contributed by atoms with van der Waals surface area (Å²) in [5, 5.41) is 11.3. The number of nitrogens with zero attached hydrogens (tertiary/aromatic N) is 3. The number of fused-ring (bicyclic) bond motifs is 1. The van der Waals surface area contributed by atoms with Gasteiger partial charge in [0.2, 0.25) is 11.8 Å². The molecule has 0 radical (unpaired) electrons. The van der Waals surface area contributed by atoms with E-state index in [1.54, 1.807) is 34.2 Å². The van der Waals surface area contributed by atoms with E-state index in [1.165, 1.54) is 0 Å². The molecular weight excluding hydrogens is 368 g/mol. The fourth-order valence-electron chi connectivity index (χ4n) is 4.07. The average molecular weight is 399 g/mol. The molecule has 1 aromatic carbocycles. The van der Waals surface area contributed by atoms with Crippen molar-refractivity contribution in [3.8, 4) is 18.1 Å². The van der Waals surface area contributed by atoms with Crippen molar-refractivity contribution in [2.45, 2.75) is 51.2 Å². The summed E-state index contributed by atoms with van der Waals surface area (Å²) in [6.07, 6.45) is 9.90. The molecule has 2 heterocycles. The number of unbranched alkanes of at least 4 members (excludes halogenated alkanes) is 3. The highest BCUT2D eigenvalue weighted by Crippen LogP contribution is 2.24. The molecule has 7 heteroatoms. The standard InChI is InChI=1S/C22H30N4O3/c1-3-5-6-7-13-24-15-20-23-25(12-4-2)16-21(28)26(20)19(22(24)29)14-17-8-10-18(27)11-9-17/h2,8-11,19-20,23,27H,3,5-7,12-16H2,1H3/t19-,20+/m0/s1. The maximum absolute atomic E-state index is 13.3. The van der Waals surface area contributed by atoms with Crippen molar-refractivity contribution in [2.75, 3.05) is 26.2 Å². The molecule has 0 unspecified atom stereocenters. The lowest BCUT2D eigenvalue weighted by molar-refractivity contribution is -0.167. The minimum absolute atomic E-state index is 0.00799. The van der Waals surface area contributed by atoms with Gasteiger partial charge in [0, 0.05) is 13.0 Å². The molecule has 2 saturated heterocycles. The third kappa shape index (κ3) is 5.08. The molecule has 2 N–H and O–H groups in total. The summed E-state index contributed by atoms with van der Waals surface area (Å²) in [6.45, 7) is 3.80. The van der Waals surface area contributed by atoms with Crippen LogP contribution in [-0.4, -0.2) is 70.1 Å². The molecule has 29 heavy (non-hydrogen) atoms. The van der Waals surface area contributed by atoms with E-state index in [-0.39, 0.29) is 30.3 Å². The summed E-state index contributed by atoms with van der Waals surface area (Å²) in [5.74, 6) is 2.65.